The fraction of sp³-hybridized carbons (Fsp3) is 0.0588. The maximum atomic E-state index is 12.7. The third-order valence-corrected chi connectivity index (χ3v) is 5.29. The highest BCUT2D eigenvalue weighted by atomic mass is 35.5. The van der Waals surface area contributed by atoms with Crippen molar-refractivity contribution in [2.75, 3.05) is 4.72 Å². The van der Waals surface area contributed by atoms with Crippen molar-refractivity contribution in [1.29, 1.82) is 0 Å². The Kier molecular flexibility index (Phi) is 4.23. The Morgan fingerprint density at radius 1 is 0.913 bits per heavy atom. The van der Waals surface area contributed by atoms with Gasteiger partial charge in [0.15, 0.2) is 0 Å². The highest BCUT2D eigenvalue weighted by Crippen LogP contribution is 2.30. The fourth-order valence-corrected chi connectivity index (χ4v) is 4.27. The SMILES string of the molecule is Cc1ccc2ccccc2c1NS(=O)(=O)c1cc(Cl)cc(Cl)c1. The molecule has 0 spiro atoms. The molecule has 0 aromatic heterocycles. The van der Waals surface area contributed by atoms with E-state index < -0.39 is 10.0 Å². The average molecular weight is 366 g/mol. The molecule has 0 bridgehead atoms. The molecule has 23 heavy (non-hydrogen) atoms. The Hall–Kier alpha value is -1.75. The van der Waals surface area contributed by atoms with Crippen molar-refractivity contribution in [1.82, 2.24) is 0 Å². The van der Waals surface area contributed by atoms with E-state index in [1.165, 1.54) is 18.2 Å². The van der Waals surface area contributed by atoms with Crippen molar-refractivity contribution in [3.63, 3.8) is 0 Å². The number of anilines is 1. The van der Waals surface area contributed by atoms with Crippen LogP contribution in [0.3, 0.4) is 0 Å². The zero-order valence-corrected chi connectivity index (χ0v) is 14.5. The molecule has 0 saturated heterocycles. The summed E-state index contributed by atoms with van der Waals surface area (Å²) >= 11 is 11.8. The van der Waals surface area contributed by atoms with Gasteiger partial charge in [0.25, 0.3) is 10.0 Å². The minimum Gasteiger partial charge on any atom is -0.279 e. The average Bonchev–Trinajstić information content (AvgIpc) is 2.49. The maximum Gasteiger partial charge on any atom is 0.262 e. The molecule has 0 amide bonds. The van der Waals surface area contributed by atoms with Gasteiger partial charge in [-0.1, -0.05) is 59.6 Å². The lowest BCUT2D eigenvalue weighted by Gasteiger charge is -2.14. The van der Waals surface area contributed by atoms with Crippen molar-refractivity contribution in [3.05, 3.63) is 70.2 Å². The van der Waals surface area contributed by atoms with E-state index in [1.807, 2.05) is 43.3 Å². The van der Waals surface area contributed by atoms with Crippen molar-refractivity contribution < 1.29 is 8.42 Å². The molecule has 3 nitrogen and oxygen atoms in total. The largest absolute Gasteiger partial charge is 0.279 e. The van der Waals surface area contributed by atoms with Crippen LogP contribution in [-0.4, -0.2) is 8.42 Å². The number of fused-ring (bicyclic) bond motifs is 1. The molecule has 3 aromatic rings. The van der Waals surface area contributed by atoms with Crippen LogP contribution in [0.25, 0.3) is 10.8 Å². The van der Waals surface area contributed by atoms with Gasteiger partial charge >= 0.3 is 0 Å². The van der Waals surface area contributed by atoms with Crippen LogP contribution < -0.4 is 4.72 Å². The maximum absolute atomic E-state index is 12.7. The number of sulfonamides is 1. The van der Waals surface area contributed by atoms with E-state index in [2.05, 4.69) is 4.72 Å². The van der Waals surface area contributed by atoms with Gasteiger partial charge in [-0.15, -0.1) is 0 Å². The van der Waals surface area contributed by atoms with Crippen LogP contribution in [-0.2, 0) is 10.0 Å². The second-order valence-corrected chi connectivity index (χ2v) is 7.74. The molecule has 118 valence electrons. The second kappa shape index (κ2) is 6.04. The summed E-state index contributed by atoms with van der Waals surface area (Å²) in [6.07, 6.45) is 0. The van der Waals surface area contributed by atoms with E-state index in [4.69, 9.17) is 23.2 Å². The van der Waals surface area contributed by atoms with Gasteiger partial charge in [0.1, 0.15) is 0 Å². The van der Waals surface area contributed by atoms with Crippen LogP contribution in [0.4, 0.5) is 5.69 Å². The molecule has 0 aliphatic rings. The van der Waals surface area contributed by atoms with E-state index in [9.17, 15) is 8.42 Å². The fourth-order valence-electron chi connectivity index (χ4n) is 2.39. The summed E-state index contributed by atoms with van der Waals surface area (Å²) < 4.78 is 28.0. The summed E-state index contributed by atoms with van der Waals surface area (Å²) in [5, 5.41) is 2.34. The van der Waals surface area contributed by atoms with Crippen molar-refractivity contribution in [2.24, 2.45) is 0 Å². The standard InChI is InChI=1S/C17H13Cl2NO2S/c1-11-6-7-12-4-2-3-5-16(12)17(11)20-23(21,22)15-9-13(18)8-14(19)10-15/h2-10,20H,1H3. The zero-order valence-electron chi connectivity index (χ0n) is 12.2. The molecule has 0 aliphatic heterocycles. The molecule has 0 radical (unpaired) electrons. The molecule has 0 unspecified atom stereocenters. The third-order valence-electron chi connectivity index (χ3n) is 3.52. The smallest absolute Gasteiger partial charge is 0.262 e. The Labute approximate surface area is 144 Å². The van der Waals surface area contributed by atoms with Crippen LogP contribution >= 0.6 is 23.2 Å². The van der Waals surface area contributed by atoms with Crippen molar-refractivity contribution in [2.45, 2.75) is 11.8 Å². The molecular weight excluding hydrogens is 353 g/mol. The van der Waals surface area contributed by atoms with Gasteiger partial charge in [0, 0.05) is 15.4 Å². The summed E-state index contributed by atoms with van der Waals surface area (Å²) in [7, 11) is -3.79. The number of hydrogen-bond acceptors (Lipinski definition) is 2. The van der Waals surface area contributed by atoms with Crippen LogP contribution in [0.5, 0.6) is 0 Å². The first-order valence-electron chi connectivity index (χ1n) is 6.84. The topological polar surface area (TPSA) is 46.2 Å². The normalized spacial score (nSPS) is 11.6. The van der Waals surface area contributed by atoms with Gasteiger partial charge in [-0.05, 0) is 36.1 Å². The summed E-state index contributed by atoms with van der Waals surface area (Å²) in [4.78, 5) is 0.0299. The third kappa shape index (κ3) is 3.29. The van der Waals surface area contributed by atoms with E-state index >= 15 is 0 Å². The summed E-state index contributed by atoms with van der Waals surface area (Å²) in [5.41, 5.74) is 1.39. The molecule has 0 aliphatic carbocycles. The van der Waals surface area contributed by atoms with Crippen LogP contribution in [0.2, 0.25) is 10.0 Å². The zero-order chi connectivity index (χ0) is 16.6. The van der Waals surface area contributed by atoms with Gasteiger partial charge in [-0.25, -0.2) is 8.42 Å². The van der Waals surface area contributed by atoms with Gasteiger partial charge in [0.2, 0.25) is 0 Å². The first-order valence-corrected chi connectivity index (χ1v) is 9.08. The number of aryl methyl sites for hydroxylation is 1. The van der Waals surface area contributed by atoms with Crippen molar-refractivity contribution in [3.8, 4) is 0 Å². The van der Waals surface area contributed by atoms with Crippen molar-refractivity contribution >= 4 is 49.7 Å². The first kappa shape index (κ1) is 16.1. The molecule has 3 rings (SSSR count). The van der Waals surface area contributed by atoms with Gasteiger partial charge in [-0.3, -0.25) is 4.72 Å². The predicted molar refractivity (Wildman–Crippen MR) is 96.0 cm³/mol. The van der Waals surface area contributed by atoms with Gasteiger partial charge in [-0.2, -0.15) is 0 Å². The number of hydrogen-bond donors (Lipinski definition) is 1. The number of benzene rings is 3. The lowest BCUT2D eigenvalue weighted by atomic mass is 10.1. The minimum absolute atomic E-state index is 0.0299. The quantitative estimate of drug-likeness (QED) is 0.688. The first-order chi connectivity index (χ1) is 10.9. The molecular formula is C17H13Cl2NO2S. The molecule has 1 N–H and O–H groups in total. The lowest BCUT2D eigenvalue weighted by molar-refractivity contribution is 0.601. The van der Waals surface area contributed by atoms with Crippen LogP contribution in [0, 0.1) is 6.92 Å². The van der Waals surface area contributed by atoms with E-state index in [-0.39, 0.29) is 14.9 Å². The summed E-state index contributed by atoms with van der Waals surface area (Å²) in [6, 6.07) is 15.7. The van der Waals surface area contributed by atoms with Crippen LogP contribution in [0.1, 0.15) is 5.56 Å². The predicted octanol–water partition coefficient (Wildman–Crippen LogP) is 5.26. The molecule has 6 heteroatoms. The molecule has 3 aromatic carbocycles. The molecule has 0 atom stereocenters. The van der Waals surface area contributed by atoms with Gasteiger partial charge in [0.05, 0.1) is 10.6 Å². The Bertz CT molecular complexity index is 980. The summed E-state index contributed by atoms with van der Waals surface area (Å²) in [5.74, 6) is 0. The highest BCUT2D eigenvalue weighted by molar-refractivity contribution is 7.92. The minimum atomic E-state index is -3.79. The van der Waals surface area contributed by atoms with E-state index in [0.717, 1.165) is 16.3 Å². The lowest BCUT2D eigenvalue weighted by Crippen LogP contribution is -2.14. The monoisotopic (exact) mass is 365 g/mol. The molecule has 0 fully saturated rings. The Morgan fingerprint density at radius 3 is 2.26 bits per heavy atom. The number of nitrogens with one attached hydrogen (secondary N) is 1. The highest BCUT2D eigenvalue weighted by Gasteiger charge is 2.18. The number of halogens is 2. The van der Waals surface area contributed by atoms with Gasteiger partial charge < -0.3 is 0 Å². The van der Waals surface area contributed by atoms with E-state index in [1.54, 1.807) is 0 Å². The molecule has 0 saturated carbocycles. The number of rotatable bonds is 3. The Balaban J connectivity index is 2.12. The summed E-state index contributed by atoms with van der Waals surface area (Å²) in [6.45, 7) is 1.86. The van der Waals surface area contributed by atoms with E-state index in [0.29, 0.717) is 5.69 Å². The second-order valence-electron chi connectivity index (χ2n) is 5.19. The molecule has 0 heterocycles. The van der Waals surface area contributed by atoms with Crippen LogP contribution in [0.15, 0.2) is 59.5 Å². The Morgan fingerprint density at radius 2 is 1.57 bits per heavy atom.